The Morgan fingerprint density at radius 3 is 2.71 bits per heavy atom. The van der Waals surface area contributed by atoms with Crippen LogP contribution in [0.2, 0.25) is 0 Å². The van der Waals surface area contributed by atoms with E-state index in [1.54, 1.807) is 0 Å². The first-order chi connectivity index (χ1) is 9.93. The van der Waals surface area contributed by atoms with Crippen molar-refractivity contribution in [1.82, 2.24) is 5.32 Å². The molecule has 1 heterocycles. The lowest BCUT2D eigenvalue weighted by molar-refractivity contribution is -0.137. The van der Waals surface area contributed by atoms with E-state index in [1.165, 1.54) is 0 Å². The zero-order chi connectivity index (χ0) is 15.5. The van der Waals surface area contributed by atoms with Crippen LogP contribution in [0.1, 0.15) is 36.9 Å². The minimum atomic E-state index is -4.47. The maximum absolute atomic E-state index is 14.0. The summed E-state index contributed by atoms with van der Waals surface area (Å²) in [7, 11) is 0. The number of hydrogen-bond donors (Lipinski definition) is 1. The highest BCUT2D eigenvalue weighted by Gasteiger charge is 2.34. The normalized spacial score (nSPS) is 20.7. The van der Waals surface area contributed by atoms with E-state index in [4.69, 9.17) is 4.74 Å². The molecule has 2 unspecified atom stereocenters. The van der Waals surface area contributed by atoms with Crippen LogP contribution in [0.25, 0.3) is 0 Å². The first-order valence-corrected chi connectivity index (χ1v) is 7.11. The fourth-order valence-corrected chi connectivity index (χ4v) is 2.60. The van der Waals surface area contributed by atoms with Crippen molar-refractivity contribution in [2.75, 3.05) is 19.8 Å². The van der Waals surface area contributed by atoms with Crippen molar-refractivity contribution in [1.29, 1.82) is 0 Å². The fourth-order valence-electron chi connectivity index (χ4n) is 2.60. The Bertz CT molecular complexity index is 469. The van der Waals surface area contributed by atoms with Crippen LogP contribution in [0.15, 0.2) is 18.2 Å². The Morgan fingerprint density at radius 1 is 1.38 bits per heavy atom. The second-order valence-electron chi connectivity index (χ2n) is 5.29. The summed E-state index contributed by atoms with van der Waals surface area (Å²) in [4.78, 5) is 0. The minimum absolute atomic E-state index is 0.00506. The van der Waals surface area contributed by atoms with Gasteiger partial charge in [0.05, 0.1) is 12.2 Å². The summed E-state index contributed by atoms with van der Waals surface area (Å²) in [5, 5.41) is 3.16. The Morgan fingerprint density at radius 2 is 2.14 bits per heavy atom. The molecule has 1 aliphatic heterocycles. The van der Waals surface area contributed by atoms with Gasteiger partial charge in [-0.25, -0.2) is 4.39 Å². The molecule has 1 saturated heterocycles. The van der Waals surface area contributed by atoms with Gasteiger partial charge in [0, 0.05) is 24.1 Å². The number of alkyl halides is 3. The van der Waals surface area contributed by atoms with E-state index in [9.17, 15) is 17.6 Å². The number of nitrogens with one attached hydrogen (secondary N) is 1. The van der Waals surface area contributed by atoms with Gasteiger partial charge in [-0.1, -0.05) is 6.92 Å². The van der Waals surface area contributed by atoms with E-state index in [0.717, 1.165) is 31.0 Å². The van der Waals surface area contributed by atoms with Gasteiger partial charge >= 0.3 is 6.18 Å². The number of hydrogen-bond acceptors (Lipinski definition) is 2. The Hall–Kier alpha value is -1.14. The Kier molecular flexibility index (Phi) is 5.22. The zero-order valence-electron chi connectivity index (χ0n) is 11.8. The first kappa shape index (κ1) is 16.2. The molecule has 1 aliphatic rings. The molecular weight excluding hydrogens is 286 g/mol. The lowest BCUT2D eigenvalue weighted by Crippen LogP contribution is -2.30. The molecule has 0 spiro atoms. The molecule has 1 fully saturated rings. The van der Waals surface area contributed by atoms with E-state index < -0.39 is 23.6 Å². The van der Waals surface area contributed by atoms with Gasteiger partial charge in [0.2, 0.25) is 0 Å². The van der Waals surface area contributed by atoms with Crippen molar-refractivity contribution >= 4 is 0 Å². The summed E-state index contributed by atoms with van der Waals surface area (Å²) >= 11 is 0. The average molecular weight is 305 g/mol. The third kappa shape index (κ3) is 3.95. The minimum Gasteiger partial charge on any atom is -0.381 e. The van der Waals surface area contributed by atoms with E-state index in [0.29, 0.717) is 19.8 Å². The molecule has 0 saturated carbocycles. The van der Waals surface area contributed by atoms with Crippen molar-refractivity contribution in [3.05, 3.63) is 35.1 Å². The quantitative estimate of drug-likeness (QED) is 0.833. The summed E-state index contributed by atoms with van der Waals surface area (Å²) in [6, 6.07) is 2.14. The van der Waals surface area contributed by atoms with Crippen LogP contribution >= 0.6 is 0 Å². The summed E-state index contributed by atoms with van der Waals surface area (Å²) in [5.41, 5.74) is -0.741. The number of rotatable bonds is 5. The van der Waals surface area contributed by atoms with Gasteiger partial charge in [0.1, 0.15) is 5.82 Å². The highest BCUT2D eigenvalue weighted by molar-refractivity contribution is 5.30. The maximum Gasteiger partial charge on any atom is 0.416 e. The average Bonchev–Trinajstić information content (AvgIpc) is 2.93. The van der Waals surface area contributed by atoms with Gasteiger partial charge < -0.3 is 10.1 Å². The van der Waals surface area contributed by atoms with E-state index >= 15 is 0 Å². The van der Waals surface area contributed by atoms with Crippen LogP contribution in [0, 0.1) is 11.7 Å². The molecular formula is C15H19F4NO. The molecule has 0 aliphatic carbocycles. The van der Waals surface area contributed by atoms with E-state index in [-0.39, 0.29) is 11.5 Å². The molecule has 21 heavy (non-hydrogen) atoms. The summed E-state index contributed by atoms with van der Waals surface area (Å²) in [6.45, 7) is 3.58. The number of benzene rings is 1. The van der Waals surface area contributed by atoms with Crippen LogP contribution in [0.4, 0.5) is 17.6 Å². The predicted octanol–water partition coefficient (Wildman–Crippen LogP) is 3.92. The highest BCUT2D eigenvalue weighted by atomic mass is 19.4. The Labute approximate surface area is 121 Å². The van der Waals surface area contributed by atoms with Crippen LogP contribution < -0.4 is 5.32 Å². The number of halogens is 4. The van der Waals surface area contributed by atoms with Gasteiger partial charge in [-0.2, -0.15) is 13.2 Å². The van der Waals surface area contributed by atoms with Gasteiger partial charge in [-0.3, -0.25) is 0 Å². The van der Waals surface area contributed by atoms with Crippen molar-refractivity contribution in [3.8, 4) is 0 Å². The van der Waals surface area contributed by atoms with Crippen molar-refractivity contribution in [2.24, 2.45) is 5.92 Å². The molecule has 1 N–H and O–H groups in total. The van der Waals surface area contributed by atoms with Gasteiger partial charge in [0.25, 0.3) is 0 Å². The van der Waals surface area contributed by atoms with Crippen molar-refractivity contribution < 1.29 is 22.3 Å². The lowest BCUT2D eigenvalue weighted by atomic mass is 9.90. The van der Waals surface area contributed by atoms with Crippen molar-refractivity contribution in [3.63, 3.8) is 0 Å². The molecule has 2 nitrogen and oxygen atoms in total. The zero-order valence-corrected chi connectivity index (χ0v) is 11.8. The van der Waals surface area contributed by atoms with Crippen molar-refractivity contribution in [2.45, 2.75) is 32.0 Å². The van der Waals surface area contributed by atoms with Crippen LogP contribution in [-0.4, -0.2) is 19.8 Å². The van der Waals surface area contributed by atoms with Gasteiger partial charge in [-0.05, 0) is 37.6 Å². The van der Waals surface area contributed by atoms with Gasteiger partial charge in [-0.15, -0.1) is 0 Å². The maximum atomic E-state index is 14.0. The molecule has 6 heteroatoms. The number of ether oxygens (including phenoxy) is 1. The van der Waals surface area contributed by atoms with Crippen LogP contribution in [0.5, 0.6) is 0 Å². The molecule has 0 radical (unpaired) electrons. The molecule has 2 atom stereocenters. The van der Waals surface area contributed by atoms with E-state index in [1.807, 2.05) is 6.92 Å². The molecule has 0 amide bonds. The second kappa shape index (κ2) is 6.75. The molecule has 0 aromatic heterocycles. The fraction of sp³-hybridized carbons (Fsp3) is 0.600. The third-order valence-corrected chi connectivity index (χ3v) is 3.71. The van der Waals surface area contributed by atoms with Crippen LogP contribution in [0.3, 0.4) is 0 Å². The molecule has 118 valence electrons. The topological polar surface area (TPSA) is 21.3 Å². The summed E-state index contributed by atoms with van der Waals surface area (Å²) < 4.78 is 57.8. The van der Waals surface area contributed by atoms with Crippen LogP contribution in [-0.2, 0) is 10.9 Å². The summed E-state index contributed by atoms with van der Waals surface area (Å²) in [6.07, 6.45) is -2.92. The van der Waals surface area contributed by atoms with E-state index in [2.05, 4.69) is 5.32 Å². The summed E-state index contributed by atoms with van der Waals surface area (Å²) in [5.74, 6) is -0.613. The SMILES string of the molecule is CCCNC(c1cc(C(F)(F)F)ccc1F)C1CCOC1. The first-order valence-electron chi connectivity index (χ1n) is 7.11. The predicted molar refractivity (Wildman–Crippen MR) is 71.4 cm³/mol. The van der Waals surface area contributed by atoms with Gasteiger partial charge in [0.15, 0.2) is 0 Å². The molecule has 1 aromatic rings. The molecule has 2 rings (SSSR count). The standard InChI is InChI=1S/C15H19F4NO/c1-2-6-20-14(10-5-7-21-9-10)12-8-11(15(17,18)19)3-4-13(12)16/h3-4,8,10,14,20H,2,5-7,9H2,1H3. The molecule has 1 aromatic carbocycles. The Balaban J connectivity index is 2.33. The monoisotopic (exact) mass is 305 g/mol. The lowest BCUT2D eigenvalue weighted by Gasteiger charge is -2.25. The third-order valence-electron chi connectivity index (χ3n) is 3.71. The highest BCUT2D eigenvalue weighted by Crippen LogP contribution is 2.35. The smallest absolute Gasteiger partial charge is 0.381 e. The second-order valence-corrected chi connectivity index (χ2v) is 5.29. The molecule has 0 bridgehead atoms. The largest absolute Gasteiger partial charge is 0.416 e.